The molecule has 1 fully saturated rings. The van der Waals surface area contributed by atoms with Crippen LogP contribution in [0.2, 0.25) is 0 Å². The number of nitrogens with zero attached hydrogens (tertiary/aromatic N) is 1. The highest BCUT2D eigenvalue weighted by Gasteiger charge is 2.38. The van der Waals surface area contributed by atoms with Crippen molar-refractivity contribution in [2.45, 2.75) is 38.6 Å². The van der Waals surface area contributed by atoms with Crippen LogP contribution in [0.5, 0.6) is 0 Å². The SMILES string of the molecule is CCCCS(=O)(=O)N1CC(N)C(c2ccc(C)o2)C1. The Hall–Kier alpha value is -0.850. The second kappa shape index (κ2) is 5.64. The summed E-state index contributed by atoms with van der Waals surface area (Å²) in [6.07, 6.45) is 1.57. The zero-order chi connectivity index (χ0) is 14.0. The van der Waals surface area contributed by atoms with Gasteiger partial charge in [-0.2, -0.15) is 4.31 Å². The van der Waals surface area contributed by atoms with Gasteiger partial charge in [0.05, 0.1) is 5.75 Å². The van der Waals surface area contributed by atoms with Gasteiger partial charge in [-0.05, 0) is 25.5 Å². The van der Waals surface area contributed by atoms with Gasteiger partial charge in [-0.25, -0.2) is 8.42 Å². The first kappa shape index (κ1) is 14.6. The minimum absolute atomic E-state index is 0.0369. The van der Waals surface area contributed by atoms with Crippen LogP contribution in [0, 0.1) is 6.92 Å². The normalized spacial score (nSPS) is 25.0. The highest BCUT2D eigenvalue weighted by Crippen LogP contribution is 2.29. The molecule has 0 aliphatic carbocycles. The van der Waals surface area contributed by atoms with Crippen LogP contribution < -0.4 is 5.73 Å². The molecule has 2 rings (SSSR count). The largest absolute Gasteiger partial charge is 0.466 e. The molecule has 108 valence electrons. The van der Waals surface area contributed by atoms with Crippen molar-refractivity contribution in [2.24, 2.45) is 5.73 Å². The lowest BCUT2D eigenvalue weighted by atomic mass is 10.0. The van der Waals surface area contributed by atoms with Gasteiger partial charge in [0.15, 0.2) is 0 Å². The van der Waals surface area contributed by atoms with Crippen molar-refractivity contribution in [1.29, 1.82) is 0 Å². The first-order chi connectivity index (χ1) is 8.94. The Morgan fingerprint density at radius 1 is 1.42 bits per heavy atom. The molecule has 0 bridgehead atoms. The number of hydrogen-bond donors (Lipinski definition) is 1. The molecule has 2 heterocycles. The van der Waals surface area contributed by atoms with Crippen molar-refractivity contribution in [2.75, 3.05) is 18.8 Å². The predicted molar refractivity (Wildman–Crippen MR) is 74.4 cm³/mol. The molecular weight excluding hydrogens is 264 g/mol. The third-order valence-electron chi connectivity index (χ3n) is 3.61. The first-order valence-electron chi connectivity index (χ1n) is 6.73. The van der Waals surface area contributed by atoms with Crippen LogP contribution in [0.25, 0.3) is 0 Å². The molecule has 0 aromatic carbocycles. The van der Waals surface area contributed by atoms with E-state index >= 15 is 0 Å². The van der Waals surface area contributed by atoms with E-state index < -0.39 is 10.0 Å². The summed E-state index contributed by atoms with van der Waals surface area (Å²) < 4.78 is 31.4. The van der Waals surface area contributed by atoms with Gasteiger partial charge in [-0.1, -0.05) is 13.3 Å². The van der Waals surface area contributed by atoms with Crippen LogP contribution in [0.15, 0.2) is 16.5 Å². The van der Waals surface area contributed by atoms with E-state index in [4.69, 9.17) is 10.2 Å². The predicted octanol–water partition coefficient (Wildman–Crippen LogP) is 1.44. The summed E-state index contributed by atoms with van der Waals surface area (Å²) in [5, 5.41) is 0. The van der Waals surface area contributed by atoms with E-state index in [0.29, 0.717) is 19.5 Å². The van der Waals surface area contributed by atoms with Gasteiger partial charge in [-0.15, -0.1) is 0 Å². The molecule has 0 amide bonds. The van der Waals surface area contributed by atoms with Gasteiger partial charge >= 0.3 is 0 Å². The van der Waals surface area contributed by atoms with Crippen molar-refractivity contribution in [3.05, 3.63) is 23.7 Å². The fourth-order valence-electron chi connectivity index (χ4n) is 2.43. The zero-order valence-electron chi connectivity index (χ0n) is 11.5. The topological polar surface area (TPSA) is 76.5 Å². The van der Waals surface area contributed by atoms with Crippen molar-refractivity contribution >= 4 is 10.0 Å². The van der Waals surface area contributed by atoms with Crippen molar-refractivity contribution < 1.29 is 12.8 Å². The van der Waals surface area contributed by atoms with Crippen LogP contribution in [0.1, 0.15) is 37.2 Å². The molecule has 19 heavy (non-hydrogen) atoms. The molecule has 0 saturated carbocycles. The Morgan fingerprint density at radius 3 is 2.74 bits per heavy atom. The smallest absolute Gasteiger partial charge is 0.214 e. The minimum Gasteiger partial charge on any atom is -0.466 e. The van der Waals surface area contributed by atoms with Crippen molar-refractivity contribution in [1.82, 2.24) is 4.31 Å². The molecule has 1 aromatic rings. The van der Waals surface area contributed by atoms with Crippen molar-refractivity contribution in [3.63, 3.8) is 0 Å². The van der Waals surface area contributed by atoms with Gasteiger partial charge in [0.2, 0.25) is 10.0 Å². The highest BCUT2D eigenvalue weighted by atomic mass is 32.2. The van der Waals surface area contributed by atoms with Crippen LogP contribution in [0.3, 0.4) is 0 Å². The maximum Gasteiger partial charge on any atom is 0.214 e. The van der Waals surface area contributed by atoms with E-state index in [1.807, 2.05) is 26.0 Å². The van der Waals surface area contributed by atoms with Crippen LogP contribution in [-0.2, 0) is 10.0 Å². The zero-order valence-corrected chi connectivity index (χ0v) is 12.3. The lowest BCUT2D eigenvalue weighted by Gasteiger charge is -2.15. The fraction of sp³-hybridized carbons (Fsp3) is 0.692. The molecule has 6 heteroatoms. The third-order valence-corrected chi connectivity index (χ3v) is 5.50. The number of aryl methyl sites for hydroxylation is 1. The fourth-order valence-corrected chi connectivity index (χ4v) is 4.13. The molecule has 1 aliphatic heterocycles. The number of unbranched alkanes of at least 4 members (excludes halogenated alkanes) is 1. The van der Waals surface area contributed by atoms with Gasteiger partial charge in [0, 0.05) is 25.0 Å². The summed E-state index contributed by atoms with van der Waals surface area (Å²) in [5.74, 6) is 1.79. The molecule has 2 atom stereocenters. The minimum atomic E-state index is -3.18. The quantitative estimate of drug-likeness (QED) is 0.888. The maximum atomic E-state index is 12.2. The van der Waals surface area contributed by atoms with E-state index in [1.165, 1.54) is 4.31 Å². The Balaban J connectivity index is 2.09. The number of hydrogen-bond acceptors (Lipinski definition) is 4. The Kier molecular flexibility index (Phi) is 4.32. The average molecular weight is 286 g/mol. The van der Waals surface area contributed by atoms with Crippen molar-refractivity contribution in [3.8, 4) is 0 Å². The van der Waals surface area contributed by atoms with E-state index in [-0.39, 0.29) is 17.7 Å². The Bertz CT molecular complexity index is 524. The van der Waals surface area contributed by atoms with E-state index in [9.17, 15) is 8.42 Å². The molecular formula is C13H22N2O3S. The Morgan fingerprint density at radius 2 is 2.16 bits per heavy atom. The highest BCUT2D eigenvalue weighted by molar-refractivity contribution is 7.89. The summed E-state index contributed by atoms with van der Waals surface area (Å²) in [6.45, 7) is 4.68. The van der Waals surface area contributed by atoms with Gasteiger partial charge in [-0.3, -0.25) is 0 Å². The lowest BCUT2D eigenvalue weighted by molar-refractivity contribution is 0.428. The maximum absolute atomic E-state index is 12.2. The number of sulfonamides is 1. The summed E-state index contributed by atoms with van der Waals surface area (Å²) in [5.41, 5.74) is 6.07. The van der Waals surface area contributed by atoms with Gasteiger partial charge < -0.3 is 10.2 Å². The first-order valence-corrected chi connectivity index (χ1v) is 8.34. The summed E-state index contributed by atoms with van der Waals surface area (Å²) in [7, 11) is -3.18. The average Bonchev–Trinajstić information content (AvgIpc) is 2.93. The molecule has 0 radical (unpaired) electrons. The number of rotatable bonds is 5. The van der Waals surface area contributed by atoms with Crippen LogP contribution in [-0.4, -0.2) is 37.6 Å². The lowest BCUT2D eigenvalue weighted by Crippen LogP contribution is -2.33. The number of furan rings is 1. The second-order valence-electron chi connectivity index (χ2n) is 5.21. The molecule has 2 N–H and O–H groups in total. The molecule has 1 aliphatic rings. The van der Waals surface area contributed by atoms with Crippen LogP contribution in [0.4, 0.5) is 0 Å². The molecule has 1 saturated heterocycles. The molecule has 2 unspecified atom stereocenters. The van der Waals surface area contributed by atoms with Gasteiger partial charge in [0.25, 0.3) is 0 Å². The van der Waals surface area contributed by atoms with E-state index in [2.05, 4.69) is 0 Å². The second-order valence-corrected chi connectivity index (χ2v) is 7.29. The third kappa shape index (κ3) is 3.19. The van der Waals surface area contributed by atoms with E-state index in [0.717, 1.165) is 17.9 Å². The van der Waals surface area contributed by atoms with Crippen LogP contribution >= 0.6 is 0 Å². The summed E-state index contributed by atoms with van der Waals surface area (Å²) in [6, 6.07) is 3.58. The van der Waals surface area contributed by atoms with Gasteiger partial charge in [0.1, 0.15) is 11.5 Å². The number of nitrogens with two attached hydrogens (primary N) is 1. The van der Waals surface area contributed by atoms with E-state index in [1.54, 1.807) is 0 Å². The monoisotopic (exact) mass is 286 g/mol. The summed E-state index contributed by atoms with van der Waals surface area (Å²) in [4.78, 5) is 0. The Labute approximate surface area is 114 Å². The molecule has 5 nitrogen and oxygen atoms in total. The summed E-state index contributed by atoms with van der Waals surface area (Å²) >= 11 is 0. The standard InChI is InChI=1S/C13H22N2O3S/c1-3-4-7-19(16,17)15-8-11(12(14)9-15)13-6-5-10(2)18-13/h5-6,11-12H,3-4,7-9,14H2,1-2H3. The molecule has 0 spiro atoms. The molecule has 1 aromatic heterocycles.